The number of piperidine rings is 1. The SMILES string of the molecule is CCOc1cccc(NC(=O)C2CCCNC2)c1. The molecule has 1 aromatic carbocycles. The molecule has 0 aliphatic carbocycles. The molecule has 18 heavy (non-hydrogen) atoms. The number of hydrogen-bond acceptors (Lipinski definition) is 3. The van der Waals surface area contributed by atoms with Gasteiger partial charge in [-0.25, -0.2) is 0 Å². The fourth-order valence-corrected chi connectivity index (χ4v) is 2.15. The summed E-state index contributed by atoms with van der Waals surface area (Å²) in [6.07, 6.45) is 2.03. The fourth-order valence-electron chi connectivity index (χ4n) is 2.15. The summed E-state index contributed by atoms with van der Waals surface area (Å²) in [5, 5.41) is 6.20. The predicted molar refractivity (Wildman–Crippen MR) is 71.8 cm³/mol. The van der Waals surface area contributed by atoms with Gasteiger partial charge in [0.2, 0.25) is 5.91 Å². The lowest BCUT2D eigenvalue weighted by Crippen LogP contribution is -2.37. The summed E-state index contributed by atoms with van der Waals surface area (Å²) in [4.78, 5) is 12.0. The highest BCUT2D eigenvalue weighted by molar-refractivity contribution is 5.92. The molecule has 1 aromatic rings. The highest BCUT2D eigenvalue weighted by Crippen LogP contribution is 2.19. The van der Waals surface area contributed by atoms with Gasteiger partial charge in [-0.3, -0.25) is 4.79 Å². The van der Waals surface area contributed by atoms with Crippen molar-refractivity contribution in [3.8, 4) is 5.75 Å². The second kappa shape index (κ2) is 6.40. The standard InChI is InChI=1S/C14H20N2O2/c1-2-18-13-7-3-6-12(9-13)16-14(17)11-5-4-8-15-10-11/h3,6-7,9,11,15H,2,4-5,8,10H2,1H3,(H,16,17). The molecular formula is C14H20N2O2. The minimum Gasteiger partial charge on any atom is -0.494 e. The Kier molecular flexibility index (Phi) is 4.59. The van der Waals surface area contributed by atoms with Gasteiger partial charge in [0.1, 0.15) is 5.75 Å². The van der Waals surface area contributed by atoms with Gasteiger partial charge in [-0.15, -0.1) is 0 Å². The van der Waals surface area contributed by atoms with Crippen LogP contribution in [0.25, 0.3) is 0 Å². The Morgan fingerprint density at radius 1 is 1.56 bits per heavy atom. The molecule has 2 N–H and O–H groups in total. The summed E-state index contributed by atoms with van der Waals surface area (Å²) in [5.74, 6) is 0.961. The van der Waals surface area contributed by atoms with E-state index in [2.05, 4.69) is 10.6 Å². The lowest BCUT2D eigenvalue weighted by Gasteiger charge is -2.22. The molecule has 1 saturated heterocycles. The first-order valence-corrected chi connectivity index (χ1v) is 6.54. The molecule has 1 heterocycles. The summed E-state index contributed by atoms with van der Waals surface area (Å²) in [7, 11) is 0. The predicted octanol–water partition coefficient (Wildman–Crippen LogP) is 2.02. The molecule has 0 bridgehead atoms. The maximum absolute atomic E-state index is 12.0. The number of benzene rings is 1. The van der Waals surface area contributed by atoms with Gasteiger partial charge >= 0.3 is 0 Å². The van der Waals surface area contributed by atoms with Crippen molar-refractivity contribution in [2.45, 2.75) is 19.8 Å². The molecule has 1 unspecified atom stereocenters. The molecule has 0 spiro atoms. The zero-order valence-corrected chi connectivity index (χ0v) is 10.7. The molecule has 1 aliphatic heterocycles. The Hall–Kier alpha value is -1.55. The van der Waals surface area contributed by atoms with Crippen molar-refractivity contribution in [2.24, 2.45) is 5.92 Å². The zero-order valence-electron chi connectivity index (χ0n) is 10.7. The largest absolute Gasteiger partial charge is 0.494 e. The molecule has 0 saturated carbocycles. The van der Waals surface area contributed by atoms with Crippen LogP contribution < -0.4 is 15.4 Å². The smallest absolute Gasteiger partial charge is 0.228 e. The molecule has 1 fully saturated rings. The van der Waals surface area contributed by atoms with E-state index in [1.165, 1.54) is 0 Å². The van der Waals surface area contributed by atoms with Crippen molar-refractivity contribution in [1.29, 1.82) is 0 Å². The van der Waals surface area contributed by atoms with Gasteiger partial charge in [0.25, 0.3) is 0 Å². The van der Waals surface area contributed by atoms with Gasteiger partial charge in [-0.1, -0.05) is 6.07 Å². The maximum Gasteiger partial charge on any atom is 0.228 e. The molecule has 1 atom stereocenters. The van der Waals surface area contributed by atoms with Crippen LogP contribution >= 0.6 is 0 Å². The molecule has 2 rings (SSSR count). The molecule has 98 valence electrons. The quantitative estimate of drug-likeness (QED) is 0.857. The van der Waals surface area contributed by atoms with Gasteiger partial charge < -0.3 is 15.4 Å². The number of ether oxygens (including phenoxy) is 1. The second-order valence-electron chi connectivity index (χ2n) is 4.49. The van der Waals surface area contributed by atoms with E-state index in [9.17, 15) is 4.79 Å². The fraction of sp³-hybridized carbons (Fsp3) is 0.500. The molecule has 1 amide bonds. The minimum atomic E-state index is 0.0782. The van der Waals surface area contributed by atoms with Crippen LogP contribution in [0.1, 0.15) is 19.8 Å². The molecule has 1 aliphatic rings. The van der Waals surface area contributed by atoms with Crippen LogP contribution in [0.2, 0.25) is 0 Å². The Bertz CT molecular complexity index is 401. The normalized spacial score (nSPS) is 19.3. The van der Waals surface area contributed by atoms with Gasteiger partial charge in [-0.05, 0) is 38.4 Å². The number of anilines is 1. The van der Waals surface area contributed by atoms with Crippen LogP contribution in [0.4, 0.5) is 5.69 Å². The van der Waals surface area contributed by atoms with E-state index in [-0.39, 0.29) is 11.8 Å². The first-order chi connectivity index (χ1) is 8.79. The lowest BCUT2D eigenvalue weighted by atomic mass is 9.99. The number of nitrogens with one attached hydrogen (secondary N) is 2. The molecular weight excluding hydrogens is 228 g/mol. The highest BCUT2D eigenvalue weighted by atomic mass is 16.5. The van der Waals surface area contributed by atoms with Crippen LogP contribution in [0.3, 0.4) is 0 Å². The minimum absolute atomic E-state index is 0.0782. The number of carbonyl (C=O) groups is 1. The van der Waals surface area contributed by atoms with Crippen LogP contribution in [-0.4, -0.2) is 25.6 Å². The third kappa shape index (κ3) is 3.47. The number of carbonyl (C=O) groups excluding carboxylic acids is 1. The van der Waals surface area contributed by atoms with E-state index in [4.69, 9.17) is 4.74 Å². The third-order valence-electron chi connectivity index (χ3n) is 3.08. The zero-order chi connectivity index (χ0) is 12.8. The summed E-state index contributed by atoms with van der Waals surface area (Å²) >= 11 is 0. The molecule has 4 heteroatoms. The number of amides is 1. The van der Waals surface area contributed by atoms with Crippen LogP contribution in [0.15, 0.2) is 24.3 Å². The van der Waals surface area contributed by atoms with E-state index >= 15 is 0 Å². The van der Waals surface area contributed by atoms with Crippen molar-refractivity contribution in [3.05, 3.63) is 24.3 Å². The van der Waals surface area contributed by atoms with E-state index in [1.807, 2.05) is 31.2 Å². The van der Waals surface area contributed by atoms with Crippen molar-refractivity contribution < 1.29 is 9.53 Å². The highest BCUT2D eigenvalue weighted by Gasteiger charge is 2.20. The Balaban J connectivity index is 1.95. The van der Waals surface area contributed by atoms with E-state index in [0.29, 0.717) is 6.61 Å². The first-order valence-electron chi connectivity index (χ1n) is 6.54. The van der Waals surface area contributed by atoms with Crippen LogP contribution in [-0.2, 0) is 4.79 Å². The lowest BCUT2D eigenvalue weighted by molar-refractivity contribution is -0.120. The van der Waals surface area contributed by atoms with Gasteiger partial charge in [0.15, 0.2) is 0 Å². The maximum atomic E-state index is 12.0. The van der Waals surface area contributed by atoms with Gasteiger partial charge in [-0.2, -0.15) is 0 Å². The summed E-state index contributed by atoms with van der Waals surface area (Å²) in [5.41, 5.74) is 0.802. The van der Waals surface area contributed by atoms with Crippen molar-refractivity contribution in [3.63, 3.8) is 0 Å². The van der Waals surface area contributed by atoms with E-state index in [0.717, 1.165) is 37.4 Å². The summed E-state index contributed by atoms with van der Waals surface area (Å²) in [6, 6.07) is 7.52. The molecule has 0 radical (unpaired) electrons. The average Bonchev–Trinajstić information content (AvgIpc) is 2.40. The van der Waals surface area contributed by atoms with E-state index in [1.54, 1.807) is 0 Å². The van der Waals surface area contributed by atoms with Crippen molar-refractivity contribution >= 4 is 11.6 Å². The van der Waals surface area contributed by atoms with Gasteiger partial charge in [0.05, 0.1) is 12.5 Å². The van der Waals surface area contributed by atoms with Crippen LogP contribution in [0, 0.1) is 5.92 Å². The van der Waals surface area contributed by atoms with E-state index < -0.39 is 0 Å². The molecule has 0 aromatic heterocycles. The summed E-state index contributed by atoms with van der Waals surface area (Å²) in [6.45, 7) is 4.36. The summed E-state index contributed by atoms with van der Waals surface area (Å²) < 4.78 is 5.41. The average molecular weight is 248 g/mol. The Morgan fingerprint density at radius 2 is 2.44 bits per heavy atom. The Morgan fingerprint density at radius 3 is 3.17 bits per heavy atom. The third-order valence-corrected chi connectivity index (χ3v) is 3.08. The first kappa shape index (κ1) is 12.9. The number of rotatable bonds is 4. The van der Waals surface area contributed by atoms with Crippen molar-refractivity contribution in [1.82, 2.24) is 5.32 Å². The van der Waals surface area contributed by atoms with Gasteiger partial charge in [0, 0.05) is 18.3 Å². The molecule has 4 nitrogen and oxygen atoms in total. The second-order valence-corrected chi connectivity index (χ2v) is 4.49. The van der Waals surface area contributed by atoms with Crippen LogP contribution in [0.5, 0.6) is 5.75 Å². The Labute approximate surface area is 108 Å². The topological polar surface area (TPSA) is 50.4 Å². The van der Waals surface area contributed by atoms with Crippen molar-refractivity contribution in [2.75, 3.05) is 25.0 Å². The monoisotopic (exact) mass is 248 g/mol. The number of hydrogen-bond donors (Lipinski definition) is 2.